The number of hydrogen-bond donors (Lipinski definition) is 1. The first-order valence-electron chi connectivity index (χ1n) is 6.50. The summed E-state index contributed by atoms with van der Waals surface area (Å²) in [5.74, 6) is -0.693. The Labute approximate surface area is 121 Å². The van der Waals surface area contributed by atoms with Crippen molar-refractivity contribution in [3.05, 3.63) is 69.7 Å². The summed E-state index contributed by atoms with van der Waals surface area (Å²) in [6.45, 7) is 0. The number of rotatable bonds is 2. The smallest absolute Gasteiger partial charge is 0.142 e. The van der Waals surface area contributed by atoms with E-state index in [1.165, 1.54) is 18.2 Å². The minimum Gasteiger partial charge on any atom is -0.321 e. The Morgan fingerprint density at radius 3 is 2.80 bits per heavy atom. The summed E-state index contributed by atoms with van der Waals surface area (Å²) in [6.07, 6.45) is 1.89. The Balaban J connectivity index is 1.98. The van der Waals surface area contributed by atoms with Crippen LogP contribution in [0.5, 0.6) is 0 Å². The SMILES string of the molecule is NC1(Cc2cccc(F)c2Cl)CCc2cc(F)ccc21. The second kappa shape index (κ2) is 4.83. The van der Waals surface area contributed by atoms with E-state index in [9.17, 15) is 8.78 Å². The van der Waals surface area contributed by atoms with Gasteiger partial charge in [-0.2, -0.15) is 0 Å². The number of benzene rings is 2. The monoisotopic (exact) mass is 293 g/mol. The molecule has 0 fully saturated rings. The molecule has 1 atom stereocenters. The molecule has 2 aromatic carbocycles. The van der Waals surface area contributed by atoms with Crippen molar-refractivity contribution in [3.63, 3.8) is 0 Å². The molecule has 0 saturated carbocycles. The fourth-order valence-electron chi connectivity index (χ4n) is 2.96. The van der Waals surface area contributed by atoms with Crippen LogP contribution in [0, 0.1) is 11.6 Å². The molecule has 1 unspecified atom stereocenters. The van der Waals surface area contributed by atoms with Crippen LogP contribution in [0.2, 0.25) is 5.02 Å². The highest BCUT2D eigenvalue weighted by atomic mass is 35.5. The predicted octanol–water partition coefficient (Wildman–Crippen LogP) is 3.96. The van der Waals surface area contributed by atoms with Gasteiger partial charge in [-0.05, 0) is 54.2 Å². The average molecular weight is 294 g/mol. The van der Waals surface area contributed by atoms with E-state index >= 15 is 0 Å². The van der Waals surface area contributed by atoms with Crippen LogP contribution in [0.3, 0.4) is 0 Å². The Kier molecular flexibility index (Phi) is 3.27. The van der Waals surface area contributed by atoms with Crippen molar-refractivity contribution in [3.8, 4) is 0 Å². The summed E-state index contributed by atoms with van der Waals surface area (Å²) >= 11 is 6.00. The quantitative estimate of drug-likeness (QED) is 0.891. The van der Waals surface area contributed by atoms with E-state index in [1.54, 1.807) is 18.2 Å². The minimum absolute atomic E-state index is 0.118. The van der Waals surface area contributed by atoms with E-state index in [0.29, 0.717) is 18.4 Å². The van der Waals surface area contributed by atoms with Crippen molar-refractivity contribution in [1.82, 2.24) is 0 Å². The molecule has 3 rings (SSSR count). The van der Waals surface area contributed by atoms with E-state index in [-0.39, 0.29) is 10.8 Å². The second-order valence-electron chi connectivity index (χ2n) is 5.35. The zero-order chi connectivity index (χ0) is 14.3. The molecule has 1 aliphatic rings. The molecule has 0 spiro atoms. The first-order valence-corrected chi connectivity index (χ1v) is 6.88. The van der Waals surface area contributed by atoms with Crippen molar-refractivity contribution < 1.29 is 8.78 Å². The van der Waals surface area contributed by atoms with Crippen LogP contribution in [0.1, 0.15) is 23.1 Å². The number of nitrogens with two attached hydrogens (primary N) is 1. The summed E-state index contributed by atoms with van der Waals surface area (Å²) in [6, 6.07) is 9.40. The highest BCUT2D eigenvalue weighted by Gasteiger charge is 2.35. The van der Waals surface area contributed by atoms with E-state index in [2.05, 4.69) is 0 Å². The highest BCUT2D eigenvalue weighted by Crippen LogP contribution is 2.39. The Hall–Kier alpha value is -1.45. The van der Waals surface area contributed by atoms with Gasteiger partial charge in [-0.15, -0.1) is 0 Å². The molecule has 0 radical (unpaired) electrons. The van der Waals surface area contributed by atoms with Crippen LogP contribution in [-0.4, -0.2) is 0 Å². The third-order valence-electron chi connectivity index (χ3n) is 3.98. The molecular formula is C16H14ClF2N. The number of halogens is 3. The van der Waals surface area contributed by atoms with Gasteiger partial charge >= 0.3 is 0 Å². The van der Waals surface area contributed by atoms with Crippen LogP contribution in [0.4, 0.5) is 8.78 Å². The molecule has 0 heterocycles. The van der Waals surface area contributed by atoms with Crippen molar-refractivity contribution >= 4 is 11.6 Å². The lowest BCUT2D eigenvalue weighted by atomic mass is 9.86. The van der Waals surface area contributed by atoms with Crippen LogP contribution < -0.4 is 5.73 Å². The molecule has 0 aliphatic heterocycles. The van der Waals surface area contributed by atoms with Crippen molar-refractivity contribution in [2.45, 2.75) is 24.8 Å². The molecule has 20 heavy (non-hydrogen) atoms. The van der Waals surface area contributed by atoms with Crippen molar-refractivity contribution in [2.24, 2.45) is 5.73 Å². The molecule has 0 saturated heterocycles. The average Bonchev–Trinajstić information content (AvgIpc) is 2.72. The summed E-state index contributed by atoms with van der Waals surface area (Å²) in [4.78, 5) is 0. The van der Waals surface area contributed by atoms with Gasteiger partial charge in [0.2, 0.25) is 0 Å². The van der Waals surface area contributed by atoms with Gasteiger partial charge in [-0.25, -0.2) is 8.78 Å². The molecule has 1 nitrogen and oxygen atoms in total. The molecule has 0 amide bonds. The fraction of sp³-hybridized carbons (Fsp3) is 0.250. The van der Waals surface area contributed by atoms with Crippen molar-refractivity contribution in [2.75, 3.05) is 0 Å². The third-order valence-corrected chi connectivity index (χ3v) is 4.40. The van der Waals surface area contributed by atoms with E-state index in [0.717, 1.165) is 17.5 Å². The van der Waals surface area contributed by atoms with Gasteiger partial charge in [0.1, 0.15) is 11.6 Å². The van der Waals surface area contributed by atoms with Crippen molar-refractivity contribution in [1.29, 1.82) is 0 Å². The van der Waals surface area contributed by atoms with E-state index in [1.807, 2.05) is 0 Å². The topological polar surface area (TPSA) is 26.0 Å². The van der Waals surface area contributed by atoms with Gasteiger partial charge in [-0.1, -0.05) is 29.8 Å². The van der Waals surface area contributed by atoms with Gasteiger partial charge < -0.3 is 5.73 Å². The zero-order valence-corrected chi connectivity index (χ0v) is 11.6. The molecule has 4 heteroatoms. The molecule has 2 aromatic rings. The van der Waals surface area contributed by atoms with Gasteiger partial charge in [0.25, 0.3) is 0 Å². The van der Waals surface area contributed by atoms with Crippen LogP contribution >= 0.6 is 11.6 Å². The maximum Gasteiger partial charge on any atom is 0.142 e. The standard InChI is InChI=1S/C16H14ClF2N/c17-15-11(2-1-3-14(15)19)9-16(20)7-6-10-8-12(18)4-5-13(10)16/h1-5,8H,6-7,9,20H2. The Bertz CT molecular complexity index is 672. The summed E-state index contributed by atoms with van der Waals surface area (Å²) in [7, 11) is 0. The van der Waals surface area contributed by atoms with Gasteiger partial charge in [0.05, 0.1) is 5.02 Å². The van der Waals surface area contributed by atoms with Crippen LogP contribution in [-0.2, 0) is 18.4 Å². The lowest BCUT2D eigenvalue weighted by Crippen LogP contribution is -2.36. The summed E-state index contributed by atoms with van der Waals surface area (Å²) < 4.78 is 26.8. The van der Waals surface area contributed by atoms with E-state index < -0.39 is 11.4 Å². The number of fused-ring (bicyclic) bond motifs is 1. The Morgan fingerprint density at radius 1 is 1.20 bits per heavy atom. The summed E-state index contributed by atoms with van der Waals surface area (Å²) in [5, 5.41) is 0.118. The normalized spacial score (nSPS) is 21.0. The highest BCUT2D eigenvalue weighted by molar-refractivity contribution is 6.31. The maximum atomic E-state index is 13.5. The maximum absolute atomic E-state index is 13.5. The molecule has 2 N–H and O–H groups in total. The Morgan fingerprint density at radius 2 is 2.00 bits per heavy atom. The van der Waals surface area contributed by atoms with Gasteiger partial charge in [-0.3, -0.25) is 0 Å². The van der Waals surface area contributed by atoms with Gasteiger partial charge in [0, 0.05) is 5.54 Å². The minimum atomic E-state index is -0.611. The second-order valence-corrected chi connectivity index (χ2v) is 5.73. The third kappa shape index (κ3) is 2.21. The first-order chi connectivity index (χ1) is 9.49. The largest absolute Gasteiger partial charge is 0.321 e. The number of hydrogen-bond acceptors (Lipinski definition) is 1. The molecule has 0 bridgehead atoms. The van der Waals surface area contributed by atoms with Gasteiger partial charge in [0.15, 0.2) is 0 Å². The predicted molar refractivity (Wildman–Crippen MR) is 75.7 cm³/mol. The molecular weight excluding hydrogens is 280 g/mol. The zero-order valence-electron chi connectivity index (χ0n) is 10.8. The number of aryl methyl sites for hydroxylation is 1. The van der Waals surface area contributed by atoms with E-state index in [4.69, 9.17) is 17.3 Å². The molecule has 0 aromatic heterocycles. The fourth-order valence-corrected chi connectivity index (χ4v) is 3.15. The van der Waals surface area contributed by atoms with Crippen LogP contribution in [0.15, 0.2) is 36.4 Å². The first kappa shape index (κ1) is 13.5. The molecule has 1 aliphatic carbocycles. The molecule has 104 valence electrons. The lowest BCUT2D eigenvalue weighted by molar-refractivity contribution is 0.438. The van der Waals surface area contributed by atoms with Crippen LogP contribution in [0.25, 0.3) is 0 Å². The lowest BCUT2D eigenvalue weighted by Gasteiger charge is -2.26. The summed E-state index contributed by atoms with van der Waals surface area (Å²) in [5.41, 5.74) is 8.40.